The average Bonchev–Trinajstić information content (AvgIpc) is 2.84. The van der Waals surface area contributed by atoms with Crippen LogP contribution in [0.15, 0.2) is 84.9 Å². The molecule has 0 unspecified atom stereocenters. The molecule has 0 saturated carbocycles. The van der Waals surface area contributed by atoms with E-state index in [0.29, 0.717) is 6.61 Å². The van der Waals surface area contributed by atoms with Gasteiger partial charge in [0.05, 0.1) is 6.61 Å². The van der Waals surface area contributed by atoms with E-state index in [9.17, 15) is 0 Å². The van der Waals surface area contributed by atoms with Gasteiger partial charge in [-0.2, -0.15) is 12.6 Å². The molecule has 3 aromatic carbocycles. The third kappa shape index (κ3) is 6.15. The Labute approximate surface area is 193 Å². The molecule has 0 aliphatic carbocycles. The third-order valence-corrected chi connectivity index (χ3v) is 5.83. The molecule has 3 heteroatoms. The number of unbranched alkanes of at least 4 members (excludes halogenated alkanes) is 3. The number of hydrogen-bond acceptors (Lipinski definition) is 3. The van der Waals surface area contributed by atoms with Gasteiger partial charge in [0, 0.05) is 6.61 Å². The van der Waals surface area contributed by atoms with E-state index in [4.69, 9.17) is 9.47 Å². The summed E-state index contributed by atoms with van der Waals surface area (Å²) in [6.07, 6.45) is 5.72. The maximum Gasteiger partial charge on any atom is 0.143 e. The van der Waals surface area contributed by atoms with Crippen molar-refractivity contribution >= 4 is 12.6 Å². The average molecular weight is 435 g/mol. The Hall–Kier alpha value is -2.23. The van der Waals surface area contributed by atoms with Gasteiger partial charge in [0.25, 0.3) is 0 Å². The van der Waals surface area contributed by atoms with Crippen molar-refractivity contribution in [2.24, 2.45) is 0 Å². The van der Waals surface area contributed by atoms with Crippen molar-refractivity contribution in [2.45, 2.75) is 44.6 Å². The standard InChI is InChI=1S/C28H34O2S/c1-2-3-4-11-21-29-27-19-17-26(18-20-27)28(30-22-12-23-31,24-13-7-5-8-14-24)25-15-9-6-10-16-25/h5-10,13-20,31H,2-4,11-12,21-23H2,1H3. The van der Waals surface area contributed by atoms with E-state index >= 15 is 0 Å². The summed E-state index contributed by atoms with van der Waals surface area (Å²) in [4.78, 5) is 0. The summed E-state index contributed by atoms with van der Waals surface area (Å²) >= 11 is 4.38. The Morgan fingerprint density at radius 3 is 1.77 bits per heavy atom. The van der Waals surface area contributed by atoms with Gasteiger partial charge in [-0.3, -0.25) is 0 Å². The van der Waals surface area contributed by atoms with Gasteiger partial charge in [-0.05, 0) is 47.4 Å². The molecule has 164 valence electrons. The van der Waals surface area contributed by atoms with E-state index in [1.165, 1.54) is 19.3 Å². The summed E-state index contributed by atoms with van der Waals surface area (Å²) in [7, 11) is 0. The van der Waals surface area contributed by atoms with E-state index in [-0.39, 0.29) is 0 Å². The molecule has 0 fully saturated rings. The summed E-state index contributed by atoms with van der Waals surface area (Å²) in [6, 6.07) is 29.4. The van der Waals surface area contributed by atoms with Gasteiger partial charge in [0.1, 0.15) is 11.4 Å². The zero-order chi connectivity index (χ0) is 21.8. The van der Waals surface area contributed by atoms with Crippen LogP contribution in [0, 0.1) is 0 Å². The molecule has 3 aromatic rings. The second-order valence-corrected chi connectivity index (χ2v) is 8.22. The lowest BCUT2D eigenvalue weighted by Crippen LogP contribution is -2.33. The van der Waals surface area contributed by atoms with Gasteiger partial charge in [-0.1, -0.05) is 99.0 Å². The first kappa shape index (κ1) is 23.4. The quantitative estimate of drug-likeness (QED) is 0.173. The van der Waals surface area contributed by atoms with Crippen molar-refractivity contribution in [2.75, 3.05) is 19.0 Å². The fraction of sp³-hybridized carbons (Fsp3) is 0.357. The maximum absolute atomic E-state index is 6.70. The van der Waals surface area contributed by atoms with Gasteiger partial charge >= 0.3 is 0 Å². The number of thiol groups is 1. The van der Waals surface area contributed by atoms with E-state index < -0.39 is 5.60 Å². The zero-order valence-corrected chi connectivity index (χ0v) is 19.4. The monoisotopic (exact) mass is 434 g/mol. The lowest BCUT2D eigenvalue weighted by Gasteiger charge is -2.36. The Kier molecular flexibility index (Phi) is 9.51. The Morgan fingerprint density at radius 2 is 1.23 bits per heavy atom. The number of benzene rings is 3. The van der Waals surface area contributed by atoms with E-state index in [1.54, 1.807) is 0 Å². The van der Waals surface area contributed by atoms with Crippen LogP contribution in [0.1, 0.15) is 55.7 Å². The van der Waals surface area contributed by atoms with Crippen LogP contribution in [0.4, 0.5) is 0 Å². The van der Waals surface area contributed by atoms with Crippen LogP contribution in [-0.4, -0.2) is 19.0 Å². The van der Waals surface area contributed by atoms with Crippen molar-refractivity contribution in [1.82, 2.24) is 0 Å². The predicted octanol–water partition coefficient (Wildman–Crippen LogP) is 7.27. The zero-order valence-electron chi connectivity index (χ0n) is 18.5. The van der Waals surface area contributed by atoms with Crippen LogP contribution >= 0.6 is 12.6 Å². The molecule has 0 aliphatic heterocycles. The maximum atomic E-state index is 6.70. The van der Waals surface area contributed by atoms with Crippen molar-refractivity contribution in [1.29, 1.82) is 0 Å². The second kappa shape index (κ2) is 12.6. The molecule has 0 bridgehead atoms. The normalized spacial score (nSPS) is 11.4. The third-order valence-electron chi connectivity index (χ3n) is 5.51. The van der Waals surface area contributed by atoms with Crippen molar-refractivity contribution < 1.29 is 9.47 Å². The fourth-order valence-corrected chi connectivity index (χ4v) is 4.02. The highest BCUT2D eigenvalue weighted by Gasteiger charge is 2.37. The summed E-state index contributed by atoms with van der Waals surface area (Å²) in [6.45, 7) is 3.62. The summed E-state index contributed by atoms with van der Waals surface area (Å²) in [5.41, 5.74) is 2.66. The molecule has 0 N–H and O–H groups in total. The molecule has 0 saturated heterocycles. The molecule has 0 spiro atoms. The molecule has 0 amide bonds. The lowest BCUT2D eigenvalue weighted by atomic mass is 9.80. The Bertz CT molecular complexity index is 823. The minimum Gasteiger partial charge on any atom is -0.494 e. The van der Waals surface area contributed by atoms with Crippen LogP contribution in [-0.2, 0) is 10.3 Å². The molecular weight excluding hydrogens is 400 g/mol. The SMILES string of the molecule is CCCCCCOc1ccc(C(OCCCS)(c2ccccc2)c2ccccc2)cc1. The first-order valence-electron chi connectivity index (χ1n) is 11.4. The fourth-order valence-electron chi connectivity index (χ4n) is 3.89. The second-order valence-electron chi connectivity index (χ2n) is 7.77. The molecule has 3 rings (SSSR count). The van der Waals surface area contributed by atoms with Gasteiger partial charge in [-0.15, -0.1) is 0 Å². The molecule has 0 radical (unpaired) electrons. The van der Waals surface area contributed by atoms with Gasteiger partial charge in [-0.25, -0.2) is 0 Å². The Morgan fingerprint density at radius 1 is 0.645 bits per heavy atom. The van der Waals surface area contributed by atoms with Crippen LogP contribution in [0.5, 0.6) is 5.75 Å². The summed E-state index contributed by atoms with van der Waals surface area (Å²) in [5.74, 6) is 1.70. The first-order chi connectivity index (χ1) is 15.3. The van der Waals surface area contributed by atoms with Crippen LogP contribution in [0.2, 0.25) is 0 Å². The van der Waals surface area contributed by atoms with Crippen molar-refractivity contribution in [3.63, 3.8) is 0 Å². The molecule has 31 heavy (non-hydrogen) atoms. The smallest absolute Gasteiger partial charge is 0.143 e. The van der Waals surface area contributed by atoms with E-state index in [1.807, 2.05) is 12.1 Å². The van der Waals surface area contributed by atoms with E-state index in [2.05, 4.69) is 92.3 Å². The topological polar surface area (TPSA) is 18.5 Å². The molecule has 0 heterocycles. The van der Waals surface area contributed by atoms with Crippen molar-refractivity contribution in [3.8, 4) is 5.75 Å². The van der Waals surface area contributed by atoms with Crippen molar-refractivity contribution in [3.05, 3.63) is 102 Å². The summed E-state index contributed by atoms with van der Waals surface area (Å²) in [5, 5.41) is 0. The van der Waals surface area contributed by atoms with Gasteiger partial charge in [0.15, 0.2) is 0 Å². The number of hydrogen-bond donors (Lipinski definition) is 1. The van der Waals surface area contributed by atoms with Crippen LogP contribution in [0.25, 0.3) is 0 Å². The predicted molar refractivity (Wildman–Crippen MR) is 133 cm³/mol. The highest BCUT2D eigenvalue weighted by molar-refractivity contribution is 7.80. The van der Waals surface area contributed by atoms with Gasteiger partial charge < -0.3 is 9.47 Å². The highest BCUT2D eigenvalue weighted by atomic mass is 32.1. The van der Waals surface area contributed by atoms with E-state index in [0.717, 1.165) is 47.6 Å². The lowest BCUT2D eigenvalue weighted by molar-refractivity contribution is 0.0137. The first-order valence-corrected chi connectivity index (χ1v) is 12.0. The van der Waals surface area contributed by atoms with Crippen LogP contribution < -0.4 is 4.74 Å². The molecule has 0 aliphatic rings. The summed E-state index contributed by atoms with van der Waals surface area (Å²) < 4.78 is 12.7. The Balaban J connectivity index is 1.94. The molecule has 0 aromatic heterocycles. The largest absolute Gasteiger partial charge is 0.494 e. The number of ether oxygens (including phenoxy) is 2. The number of rotatable bonds is 13. The molecular formula is C28H34O2S. The van der Waals surface area contributed by atoms with Crippen LogP contribution in [0.3, 0.4) is 0 Å². The minimum absolute atomic E-state index is 0.628. The highest BCUT2D eigenvalue weighted by Crippen LogP contribution is 2.41. The molecule has 0 atom stereocenters. The minimum atomic E-state index is -0.675. The van der Waals surface area contributed by atoms with Gasteiger partial charge in [0.2, 0.25) is 0 Å². The molecule has 2 nitrogen and oxygen atoms in total.